The number of esters is 1. The fourth-order valence-electron chi connectivity index (χ4n) is 1.42. The van der Waals surface area contributed by atoms with Crippen molar-refractivity contribution in [3.63, 3.8) is 0 Å². The Morgan fingerprint density at radius 1 is 1.28 bits per heavy atom. The third-order valence-corrected chi connectivity index (χ3v) is 2.28. The highest BCUT2D eigenvalue weighted by Crippen LogP contribution is 2.04. The minimum absolute atomic E-state index is 0.0633. The molecule has 0 unspecified atom stereocenters. The molecule has 0 saturated heterocycles. The van der Waals surface area contributed by atoms with E-state index in [0.717, 1.165) is 0 Å². The molecule has 18 heavy (non-hydrogen) atoms. The van der Waals surface area contributed by atoms with Crippen LogP contribution >= 0.6 is 0 Å². The Bertz CT molecular complexity index is 476. The van der Waals surface area contributed by atoms with Crippen LogP contribution in [0, 0.1) is 0 Å². The highest BCUT2D eigenvalue weighted by Gasteiger charge is 2.21. The van der Waals surface area contributed by atoms with Crippen molar-refractivity contribution in [3.05, 3.63) is 41.4 Å². The fraction of sp³-hybridized carbons (Fsp3) is 0.308. The van der Waals surface area contributed by atoms with E-state index in [1.165, 1.54) is 6.92 Å². The normalized spacial score (nSPS) is 9.39. The Balaban J connectivity index is 2.55. The van der Waals surface area contributed by atoms with E-state index in [9.17, 15) is 9.59 Å². The highest BCUT2D eigenvalue weighted by molar-refractivity contribution is 6.43. The van der Waals surface area contributed by atoms with Crippen LogP contribution in [0.4, 0.5) is 0 Å². The first-order valence-corrected chi connectivity index (χ1v) is 5.59. The lowest BCUT2D eigenvalue weighted by molar-refractivity contribution is -0.141. The van der Waals surface area contributed by atoms with Gasteiger partial charge in [-0.2, -0.15) is 4.79 Å². The van der Waals surface area contributed by atoms with E-state index in [4.69, 9.17) is 10.3 Å². The second-order valence-electron chi connectivity index (χ2n) is 3.69. The molecule has 0 heterocycles. The molecular formula is C13H14N2O3. The standard InChI is InChI=1S/C13H14N2O3/c1-10(16)18-9-5-8-12(15-14)13(17)11-6-3-2-4-7-11/h2-4,6-7H,5,8-9H2,1H3. The van der Waals surface area contributed by atoms with Gasteiger partial charge in [-0.25, -0.2) is 0 Å². The van der Waals surface area contributed by atoms with Gasteiger partial charge in [0.1, 0.15) is 0 Å². The van der Waals surface area contributed by atoms with E-state index in [1.807, 2.05) is 0 Å². The zero-order valence-corrected chi connectivity index (χ0v) is 10.1. The third-order valence-electron chi connectivity index (χ3n) is 2.28. The van der Waals surface area contributed by atoms with Gasteiger partial charge in [-0.1, -0.05) is 30.3 Å². The highest BCUT2D eigenvalue weighted by atomic mass is 16.5. The van der Waals surface area contributed by atoms with Crippen molar-refractivity contribution in [2.45, 2.75) is 19.8 Å². The molecule has 1 aromatic carbocycles. The molecule has 0 aromatic heterocycles. The number of hydrogen-bond donors (Lipinski definition) is 0. The lowest BCUT2D eigenvalue weighted by atomic mass is 10.0. The number of rotatable bonds is 6. The van der Waals surface area contributed by atoms with Gasteiger partial charge in [0, 0.05) is 12.5 Å². The van der Waals surface area contributed by atoms with Gasteiger partial charge in [-0.05, 0) is 6.42 Å². The summed E-state index contributed by atoms with van der Waals surface area (Å²) in [6.07, 6.45) is 0.703. The molecule has 0 aliphatic rings. The van der Waals surface area contributed by atoms with Gasteiger partial charge >= 0.3 is 11.7 Å². The van der Waals surface area contributed by atoms with E-state index in [1.54, 1.807) is 30.3 Å². The van der Waals surface area contributed by atoms with Crippen molar-refractivity contribution < 1.29 is 19.1 Å². The van der Waals surface area contributed by atoms with E-state index in [0.29, 0.717) is 12.0 Å². The van der Waals surface area contributed by atoms with Gasteiger partial charge in [0.2, 0.25) is 0 Å². The van der Waals surface area contributed by atoms with Gasteiger partial charge in [0.05, 0.1) is 13.0 Å². The number of ketones is 1. The predicted octanol–water partition coefficient (Wildman–Crippen LogP) is 1.88. The second-order valence-corrected chi connectivity index (χ2v) is 3.69. The largest absolute Gasteiger partial charge is 0.466 e. The Morgan fingerprint density at radius 3 is 2.50 bits per heavy atom. The lowest BCUT2D eigenvalue weighted by Crippen LogP contribution is -2.16. The molecule has 0 atom stereocenters. The van der Waals surface area contributed by atoms with Gasteiger partial charge in [0.15, 0.2) is 0 Å². The first kappa shape index (κ1) is 13.8. The van der Waals surface area contributed by atoms with Gasteiger partial charge in [-0.15, -0.1) is 0 Å². The summed E-state index contributed by atoms with van der Waals surface area (Å²) in [6, 6.07) is 8.58. The fourth-order valence-corrected chi connectivity index (χ4v) is 1.42. The average molecular weight is 246 g/mol. The SMILES string of the molecule is CC(=O)OCCCC(=[N+]=[N-])C(=O)c1ccccc1. The summed E-state index contributed by atoms with van der Waals surface area (Å²) in [5, 5.41) is 0. The van der Waals surface area contributed by atoms with Crippen LogP contribution in [0.2, 0.25) is 0 Å². The molecule has 94 valence electrons. The van der Waals surface area contributed by atoms with Crippen molar-refractivity contribution in [1.29, 1.82) is 0 Å². The van der Waals surface area contributed by atoms with Gasteiger partial charge in [-0.3, -0.25) is 9.59 Å². The summed E-state index contributed by atoms with van der Waals surface area (Å²) in [5.74, 6) is -0.687. The van der Waals surface area contributed by atoms with E-state index in [2.05, 4.69) is 4.79 Å². The van der Waals surface area contributed by atoms with Crippen molar-refractivity contribution in [3.8, 4) is 0 Å². The molecule has 0 amide bonds. The second kappa shape index (κ2) is 7.14. The summed E-state index contributed by atoms with van der Waals surface area (Å²) >= 11 is 0. The molecule has 0 N–H and O–H groups in total. The maximum absolute atomic E-state index is 11.9. The zero-order valence-electron chi connectivity index (χ0n) is 10.1. The maximum atomic E-state index is 11.9. The minimum atomic E-state index is -0.369. The smallest absolute Gasteiger partial charge is 0.339 e. The van der Waals surface area contributed by atoms with Crippen LogP contribution in [0.3, 0.4) is 0 Å². The molecule has 0 bridgehead atoms. The molecule has 0 aliphatic heterocycles. The van der Waals surface area contributed by atoms with Crippen LogP contribution in [0.25, 0.3) is 5.53 Å². The number of carbonyl (C=O) groups is 2. The monoisotopic (exact) mass is 246 g/mol. The number of benzene rings is 1. The molecule has 0 radical (unpaired) electrons. The Labute approximate surface area is 105 Å². The third kappa shape index (κ3) is 4.31. The number of ether oxygens (including phenoxy) is 1. The summed E-state index contributed by atoms with van der Waals surface area (Å²) in [7, 11) is 0. The quantitative estimate of drug-likeness (QED) is 0.192. The predicted molar refractivity (Wildman–Crippen MR) is 65.3 cm³/mol. The molecule has 0 aliphatic carbocycles. The Morgan fingerprint density at radius 2 is 1.94 bits per heavy atom. The van der Waals surface area contributed by atoms with E-state index in [-0.39, 0.29) is 30.5 Å². The van der Waals surface area contributed by atoms with Crippen LogP contribution in [-0.2, 0) is 9.53 Å². The topological polar surface area (TPSA) is 79.8 Å². The molecule has 5 nitrogen and oxygen atoms in total. The average Bonchev–Trinajstić information content (AvgIpc) is 2.39. The van der Waals surface area contributed by atoms with Crippen molar-refractivity contribution in [2.24, 2.45) is 0 Å². The molecule has 0 spiro atoms. The number of Topliss-reactive ketones (excluding diaryl/α,β-unsaturated/α-hetero) is 1. The summed E-state index contributed by atoms with van der Waals surface area (Å²) in [5.41, 5.74) is 9.36. The van der Waals surface area contributed by atoms with Crippen LogP contribution in [0.1, 0.15) is 30.1 Å². The zero-order chi connectivity index (χ0) is 13.4. The molecule has 0 saturated carbocycles. The van der Waals surface area contributed by atoms with E-state index >= 15 is 0 Å². The number of nitrogens with zero attached hydrogens (tertiary/aromatic N) is 2. The van der Waals surface area contributed by atoms with Gasteiger partial charge in [0.25, 0.3) is 5.78 Å². The van der Waals surface area contributed by atoms with Crippen LogP contribution < -0.4 is 0 Å². The molecule has 5 heteroatoms. The van der Waals surface area contributed by atoms with Crippen molar-refractivity contribution >= 4 is 17.5 Å². The Hall–Kier alpha value is -2.26. The summed E-state index contributed by atoms with van der Waals surface area (Å²) in [4.78, 5) is 25.5. The minimum Gasteiger partial charge on any atom is -0.466 e. The van der Waals surface area contributed by atoms with Crippen molar-refractivity contribution in [2.75, 3.05) is 6.61 Å². The van der Waals surface area contributed by atoms with Crippen LogP contribution in [0.5, 0.6) is 0 Å². The van der Waals surface area contributed by atoms with Crippen LogP contribution in [-0.4, -0.2) is 28.9 Å². The first-order valence-electron chi connectivity index (χ1n) is 5.59. The molecule has 1 rings (SSSR count). The Kier molecular flexibility index (Phi) is 5.48. The summed E-state index contributed by atoms with van der Waals surface area (Å²) < 4.78 is 4.74. The molecule has 1 aromatic rings. The summed E-state index contributed by atoms with van der Waals surface area (Å²) in [6.45, 7) is 1.52. The van der Waals surface area contributed by atoms with Gasteiger partial charge < -0.3 is 10.3 Å². The number of hydrogen-bond acceptors (Lipinski definition) is 3. The molecule has 0 fully saturated rings. The number of carbonyl (C=O) groups excluding carboxylic acids is 2. The maximum Gasteiger partial charge on any atom is 0.339 e. The van der Waals surface area contributed by atoms with E-state index < -0.39 is 0 Å². The van der Waals surface area contributed by atoms with Crippen molar-refractivity contribution in [1.82, 2.24) is 0 Å². The lowest BCUT2D eigenvalue weighted by Gasteiger charge is -1.99. The van der Waals surface area contributed by atoms with Crippen LogP contribution in [0.15, 0.2) is 30.3 Å². The molecular weight excluding hydrogens is 232 g/mol. The first-order chi connectivity index (χ1) is 8.65.